The summed E-state index contributed by atoms with van der Waals surface area (Å²) in [5.74, 6) is -2.69. The first-order chi connectivity index (χ1) is 10.4. The highest BCUT2D eigenvalue weighted by atomic mass is 19.4. The predicted molar refractivity (Wildman–Crippen MR) is 75.4 cm³/mol. The number of nitrogens with zero attached hydrogens (tertiary/aromatic N) is 1. The van der Waals surface area contributed by atoms with E-state index in [0.29, 0.717) is 0 Å². The molecular formula is C15H21F3N2O3. The van der Waals surface area contributed by atoms with E-state index in [1.807, 2.05) is 0 Å². The van der Waals surface area contributed by atoms with E-state index in [9.17, 15) is 27.6 Å². The number of carbonyl (C=O) groups is 3. The Hall–Kier alpha value is -1.60. The Morgan fingerprint density at radius 2 is 1.70 bits per heavy atom. The van der Waals surface area contributed by atoms with Crippen molar-refractivity contribution in [1.29, 1.82) is 0 Å². The lowest BCUT2D eigenvalue weighted by atomic mass is 9.73. The predicted octanol–water partition coefficient (Wildman–Crippen LogP) is 1.80. The molecule has 0 bridgehead atoms. The van der Waals surface area contributed by atoms with Crippen LogP contribution >= 0.6 is 0 Å². The van der Waals surface area contributed by atoms with Crippen molar-refractivity contribution in [3.05, 3.63) is 0 Å². The largest absolute Gasteiger partial charge is 0.471 e. The minimum atomic E-state index is -5.06. The molecule has 2 amide bonds. The Labute approximate surface area is 132 Å². The van der Waals surface area contributed by atoms with Crippen LogP contribution in [0.15, 0.2) is 0 Å². The van der Waals surface area contributed by atoms with Crippen molar-refractivity contribution in [2.24, 2.45) is 5.41 Å². The van der Waals surface area contributed by atoms with E-state index < -0.39 is 35.0 Å². The van der Waals surface area contributed by atoms with Crippen LogP contribution in [0.2, 0.25) is 0 Å². The highest BCUT2D eigenvalue weighted by Gasteiger charge is 2.60. The van der Waals surface area contributed by atoms with Crippen molar-refractivity contribution >= 4 is 17.6 Å². The fraction of sp³-hybridized carbons (Fsp3) is 0.800. The van der Waals surface area contributed by atoms with Gasteiger partial charge in [0.25, 0.3) is 0 Å². The molecular weight excluding hydrogens is 313 g/mol. The molecule has 2 rings (SSSR count). The van der Waals surface area contributed by atoms with Gasteiger partial charge < -0.3 is 10.2 Å². The number of piperazine rings is 1. The number of carbonyl (C=O) groups excluding carboxylic acids is 3. The second-order valence-electron chi connectivity index (χ2n) is 7.34. The van der Waals surface area contributed by atoms with E-state index in [4.69, 9.17) is 0 Å². The normalized spacial score (nSPS) is 25.5. The third-order valence-electron chi connectivity index (χ3n) is 4.75. The van der Waals surface area contributed by atoms with Gasteiger partial charge in [-0.25, -0.2) is 0 Å². The summed E-state index contributed by atoms with van der Waals surface area (Å²) in [6, 6.07) is -0.789. The molecule has 1 spiro atoms. The Morgan fingerprint density at radius 1 is 1.17 bits per heavy atom. The van der Waals surface area contributed by atoms with Gasteiger partial charge in [0.05, 0.1) is 6.04 Å². The maximum Gasteiger partial charge on any atom is 0.471 e. The second-order valence-corrected chi connectivity index (χ2v) is 7.34. The molecule has 0 aromatic rings. The van der Waals surface area contributed by atoms with Crippen LogP contribution in [0.5, 0.6) is 0 Å². The summed E-state index contributed by atoms with van der Waals surface area (Å²) in [5.41, 5.74) is -2.24. The molecule has 1 unspecified atom stereocenters. The van der Waals surface area contributed by atoms with E-state index in [1.165, 1.54) is 0 Å². The number of Topliss-reactive ketones (excluding diaryl/α,β-unsaturated/α-hetero) is 1. The molecule has 130 valence electrons. The molecule has 1 atom stereocenters. The Bertz CT molecular complexity index is 527. The van der Waals surface area contributed by atoms with Crippen LogP contribution in [0.25, 0.3) is 0 Å². The molecule has 1 heterocycles. The molecule has 1 N–H and O–H groups in total. The number of halogens is 3. The van der Waals surface area contributed by atoms with Gasteiger partial charge in [-0.05, 0) is 18.3 Å². The maximum atomic E-state index is 13.1. The van der Waals surface area contributed by atoms with Crippen molar-refractivity contribution in [3.63, 3.8) is 0 Å². The van der Waals surface area contributed by atoms with E-state index in [-0.39, 0.29) is 38.0 Å². The number of ketones is 1. The third-order valence-corrected chi connectivity index (χ3v) is 4.75. The van der Waals surface area contributed by atoms with Gasteiger partial charge in [-0.15, -0.1) is 0 Å². The number of hydrogen-bond acceptors (Lipinski definition) is 3. The molecule has 0 radical (unpaired) electrons. The minimum absolute atomic E-state index is 0.00587. The van der Waals surface area contributed by atoms with Gasteiger partial charge in [-0.3, -0.25) is 14.4 Å². The third kappa shape index (κ3) is 3.07. The SMILES string of the molecule is CC(C)(C)C1CNC(=O)C2(CCC(=O)CC2)N1C(=O)C(F)(F)F. The van der Waals surface area contributed by atoms with Crippen LogP contribution in [0.4, 0.5) is 13.2 Å². The van der Waals surface area contributed by atoms with Crippen LogP contribution < -0.4 is 5.32 Å². The van der Waals surface area contributed by atoms with Gasteiger partial charge in [0.1, 0.15) is 11.3 Å². The molecule has 2 fully saturated rings. The Kier molecular flexibility index (Phi) is 4.24. The quantitative estimate of drug-likeness (QED) is 0.735. The second kappa shape index (κ2) is 5.49. The van der Waals surface area contributed by atoms with Crippen LogP contribution in [-0.4, -0.2) is 46.8 Å². The molecule has 1 aliphatic heterocycles. The molecule has 1 saturated heterocycles. The van der Waals surface area contributed by atoms with Crippen LogP contribution in [0.1, 0.15) is 46.5 Å². The lowest BCUT2D eigenvalue weighted by Gasteiger charge is -2.55. The number of rotatable bonds is 0. The van der Waals surface area contributed by atoms with Gasteiger partial charge >= 0.3 is 12.1 Å². The van der Waals surface area contributed by atoms with Gasteiger partial charge in [-0.1, -0.05) is 20.8 Å². The highest BCUT2D eigenvalue weighted by molar-refractivity contribution is 5.96. The van der Waals surface area contributed by atoms with Crippen LogP contribution in [-0.2, 0) is 14.4 Å². The van der Waals surface area contributed by atoms with Crippen LogP contribution in [0, 0.1) is 5.41 Å². The maximum absolute atomic E-state index is 13.1. The summed E-state index contributed by atoms with van der Waals surface area (Å²) >= 11 is 0. The summed E-state index contributed by atoms with van der Waals surface area (Å²) < 4.78 is 39.4. The average Bonchev–Trinajstić information content (AvgIpc) is 2.41. The standard InChI is InChI=1S/C15H21F3N2O3/c1-13(2,3)10-8-19-11(22)14(6-4-9(21)5-7-14)20(10)12(23)15(16,17)18/h10H,4-8H2,1-3H3,(H,19,22). The number of hydrogen-bond donors (Lipinski definition) is 1. The van der Waals surface area contributed by atoms with E-state index in [2.05, 4.69) is 5.32 Å². The van der Waals surface area contributed by atoms with Gasteiger partial charge in [0, 0.05) is 19.4 Å². The summed E-state index contributed by atoms with van der Waals surface area (Å²) in [5, 5.41) is 2.64. The Morgan fingerprint density at radius 3 is 2.13 bits per heavy atom. The fourth-order valence-electron chi connectivity index (χ4n) is 3.43. The first kappa shape index (κ1) is 17.7. The van der Waals surface area contributed by atoms with E-state index in [0.717, 1.165) is 4.90 Å². The molecule has 0 aromatic heterocycles. The smallest absolute Gasteiger partial charge is 0.352 e. The zero-order valence-corrected chi connectivity index (χ0v) is 13.4. The van der Waals surface area contributed by atoms with Gasteiger partial charge in [0.2, 0.25) is 5.91 Å². The zero-order valence-electron chi connectivity index (χ0n) is 13.4. The van der Waals surface area contributed by atoms with E-state index >= 15 is 0 Å². The summed E-state index contributed by atoms with van der Waals surface area (Å²) in [6.07, 6.45) is -5.18. The molecule has 1 saturated carbocycles. The summed E-state index contributed by atoms with van der Waals surface area (Å²) in [7, 11) is 0. The minimum Gasteiger partial charge on any atom is -0.352 e. The number of amides is 2. The number of alkyl halides is 3. The monoisotopic (exact) mass is 334 g/mol. The van der Waals surface area contributed by atoms with Crippen molar-refractivity contribution in [2.45, 2.75) is 64.2 Å². The first-order valence-electron chi connectivity index (χ1n) is 7.60. The van der Waals surface area contributed by atoms with Crippen LogP contribution in [0.3, 0.4) is 0 Å². The first-order valence-corrected chi connectivity index (χ1v) is 7.60. The molecule has 8 heteroatoms. The van der Waals surface area contributed by atoms with Crippen molar-refractivity contribution < 1.29 is 27.6 Å². The molecule has 1 aliphatic carbocycles. The van der Waals surface area contributed by atoms with E-state index in [1.54, 1.807) is 20.8 Å². The topological polar surface area (TPSA) is 66.5 Å². The zero-order chi connectivity index (χ0) is 17.6. The number of nitrogens with one attached hydrogen (secondary N) is 1. The summed E-state index contributed by atoms with van der Waals surface area (Å²) in [4.78, 5) is 36.7. The molecule has 5 nitrogen and oxygen atoms in total. The van der Waals surface area contributed by atoms with Crippen molar-refractivity contribution in [3.8, 4) is 0 Å². The molecule has 0 aromatic carbocycles. The molecule has 2 aliphatic rings. The summed E-state index contributed by atoms with van der Waals surface area (Å²) in [6.45, 7) is 5.16. The lowest BCUT2D eigenvalue weighted by Crippen LogP contribution is -2.74. The van der Waals surface area contributed by atoms with Gasteiger partial charge in [0.15, 0.2) is 0 Å². The highest BCUT2D eigenvalue weighted by Crippen LogP contribution is 2.42. The lowest BCUT2D eigenvalue weighted by molar-refractivity contribution is -0.203. The fourth-order valence-corrected chi connectivity index (χ4v) is 3.43. The molecule has 23 heavy (non-hydrogen) atoms. The van der Waals surface area contributed by atoms with Gasteiger partial charge in [-0.2, -0.15) is 13.2 Å². The van der Waals surface area contributed by atoms with Crippen molar-refractivity contribution in [1.82, 2.24) is 10.2 Å². The Balaban J connectivity index is 2.52. The average molecular weight is 334 g/mol. The van der Waals surface area contributed by atoms with Crippen molar-refractivity contribution in [2.75, 3.05) is 6.54 Å².